The maximum Gasteiger partial charge on any atom is 0.573 e. The van der Waals surface area contributed by atoms with Crippen LogP contribution in [0, 0.1) is 0 Å². The Morgan fingerprint density at radius 2 is 1.90 bits per heavy atom. The van der Waals surface area contributed by atoms with Crippen LogP contribution < -0.4 is 4.74 Å². The van der Waals surface area contributed by atoms with Crippen LogP contribution in [0.1, 0.15) is 17.7 Å². The third-order valence-corrected chi connectivity index (χ3v) is 3.36. The van der Waals surface area contributed by atoms with Crippen molar-refractivity contribution in [2.24, 2.45) is 0 Å². The van der Waals surface area contributed by atoms with Crippen molar-refractivity contribution in [1.29, 1.82) is 0 Å². The average molecular weight is 360 g/mol. The van der Waals surface area contributed by atoms with Gasteiger partial charge in [-0.25, -0.2) is 22.2 Å². The molecule has 0 aliphatic heterocycles. The van der Waals surface area contributed by atoms with Crippen LogP contribution in [-0.4, -0.2) is 19.8 Å². The third-order valence-electron chi connectivity index (χ3n) is 1.87. The van der Waals surface area contributed by atoms with Crippen LogP contribution in [0.2, 0.25) is 0 Å². The Labute approximate surface area is 118 Å². The summed E-state index contributed by atoms with van der Waals surface area (Å²) in [7, 11) is 0.0221. The molecule has 0 fully saturated rings. The van der Waals surface area contributed by atoms with E-state index in [4.69, 9.17) is 22.3 Å². The molecule has 0 amide bonds. The van der Waals surface area contributed by atoms with Gasteiger partial charge < -0.3 is 4.74 Å². The predicted molar refractivity (Wildman–Crippen MR) is 58.5 cm³/mol. The van der Waals surface area contributed by atoms with Gasteiger partial charge in [0.15, 0.2) is 5.75 Å². The predicted octanol–water partition coefficient (Wildman–Crippen LogP) is 3.58. The summed E-state index contributed by atoms with van der Waals surface area (Å²) < 4.78 is 87.3. The molecule has 0 radical (unpaired) electrons. The zero-order valence-corrected chi connectivity index (χ0v) is 11.4. The van der Waals surface area contributed by atoms with Crippen molar-refractivity contribution in [3.63, 3.8) is 0 Å². The van der Waals surface area contributed by atoms with Crippen LogP contribution in [0.5, 0.6) is 5.75 Å². The van der Waals surface area contributed by atoms with Gasteiger partial charge in [-0.1, -0.05) is 0 Å². The number of alkyl halides is 6. The molecule has 1 heterocycles. The number of pyridine rings is 1. The van der Waals surface area contributed by atoms with Crippen LogP contribution in [0.15, 0.2) is 11.1 Å². The Morgan fingerprint density at radius 1 is 1.35 bits per heavy atom. The molecule has 1 rings (SSSR count). The van der Waals surface area contributed by atoms with Crippen molar-refractivity contribution in [3.8, 4) is 5.75 Å². The molecule has 0 aromatic carbocycles. The summed E-state index contributed by atoms with van der Waals surface area (Å²) in [6.07, 6.45) is -8.51. The van der Waals surface area contributed by atoms with Gasteiger partial charge in [-0.3, -0.25) is 0 Å². The van der Waals surface area contributed by atoms with Gasteiger partial charge in [-0.2, -0.15) is 0 Å². The summed E-state index contributed by atoms with van der Waals surface area (Å²) in [6, 6.07) is 0.407. The lowest BCUT2D eigenvalue weighted by Crippen LogP contribution is -2.19. The highest BCUT2D eigenvalue weighted by Gasteiger charge is 2.35. The lowest BCUT2D eigenvalue weighted by molar-refractivity contribution is -0.275. The fourth-order valence-electron chi connectivity index (χ4n) is 1.20. The SMILES string of the molecule is O=S(=O)(Cl)c1nc(C(F)F)c(CCl)cc1OC(F)(F)F. The van der Waals surface area contributed by atoms with Gasteiger partial charge in [0.1, 0.15) is 5.69 Å². The Balaban J connectivity index is 3.56. The molecular weight excluding hydrogens is 356 g/mol. The summed E-state index contributed by atoms with van der Waals surface area (Å²) in [5.41, 5.74) is -1.60. The molecule has 0 aliphatic rings. The number of aromatic nitrogens is 1. The van der Waals surface area contributed by atoms with E-state index in [1.54, 1.807) is 0 Å². The number of rotatable bonds is 4. The molecule has 20 heavy (non-hydrogen) atoms. The Hall–Kier alpha value is -0.870. The number of halogens is 7. The first-order chi connectivity index (χ1) is 8.95. The van der Waals surface area contributed by atoms with Gasteiger partial charge in [-0.05, 0) is 11.6 Å². The molecule has 0 bridgehead atoms. The Kier molecular flexibility index (Phi) is 5.03. The molecule has 0 aliphatic carbocycles. The van der Waals surface area contributed by atoms with Gasteiger partial charge in [0, 0.05) is 16.6 Å². The van der Waals surface area contributed by atoms with Crippen molar-refractivity contribution in [2.75, 3.05) is 0 Å². The van der Waals surface area contributed by atoms with Crippen LogP contribution in [0.3, 0.4) is 0 Å². The van der Waals surface area contributed by atoms with Crippen LogP contribution in [0.4, 0.5) is 22.0 Å². The largest absolute Gasteiger partial charge is 0.573 e. The maximum atomic E-state index is 12.6. The van der Waals surface area contributed by atoms with Crippen molar-refractivity contribution >= 4 is 31.3 Å². The van der Waals surface area contributed by atoms with Crippen molar-refractivity contribution < 1.29 is 35.1 Å². The average Bonchev–Trinajstić information content (AvgIpc) is 2.24. The topological polar surface area (TPSA) is 56.3 Å². The zero-order valence-electron chi connectivity index (χ0n) is 9.09. The van der Waals surface area contributed by atoms with E-state index in [-0.39, 0.29) is 0 Å². The highest BCUT2D eigenvalue weighted by molar-refractivity contribution is 8.13. The van der Waals surface area contributed by atoms with E-state index in [1.807, 2.05) is 0 Å². The van der Waals surface area contributed by atoms with Crippen molar-refractivity contribution in [2.45, 2.75) is 23.7 Å². The lowest BCUT2D eigenvalue weighted by Gasteiger charge is -2.14. The smallest absolute Gasteiger partial charge is 0.403 e. The summed E-state index contributed by atoms with van der Waals surface area (Å²) in [6.45, 7) is 0. The molecule has 0 saturated heterocycles. The fraction of sp³-hybridized carbons (Fsp3) is 0.375. The minimum atomic E-state index is -5.26. The summed E-state index contributed by atoms with van der Waals surface area (Å²) in [5, 5.41) is -1.46. The van der Waals surface area contributed by atoms with Crippen LogP contribution >= 0.6 is 22.3 Å². The van der Waals surface area contributed by atoms with Crippen molar-refractivity contribution in [3.05, 3.63) is 17.3 Å². The van der Waals surface area contributed by atoms with Gasteiger partial charge in [0.2, 0.25) is 5.03 Å². The molecular formula is C8H4Cl2F5NO3S. The molecule has 0 atom stereocenters. The van der Waals surface area contributed by atoms with E-state index in [1.165, 1.54) is 0 Å². The molecule has 12 heteroatoms. The Morgan fingerprint density at radius 3 is 2.25 bits per heavy atom. The number of hydrogen-bond donors (Lipinski definition) is 0. The molecule has 4 nitrogen and oxygen atoms in total. The molecule has 0 spiro atoms. The summed E-state index contributed by atoms with van der Waals surface area (Å²) in [5.74, 6) is -1.95. The number of hydrogen-bond acceptors (Lipinski definition) is 4. The molecule has 1 aromatic heterocycles. The monoisotopic (exact) mass is 359 g/mol. The molecule has 1 aromatic rings. The summed E-state index contributed by atoms with van der Waals surface area (Å²) >= 11 is 5.29. The van der Waals surface area contributed by atoms with Gasteiger partial charge in [0.05, 0.1) is 0 Å². The van der Waals surface area contributed by atoms with E-state index in [0.717, 1.165) is 0 Å². The molecule has 0 N–H and O–H groups in total. The van der Waals surface area contributed by atoms with Gasteiger partial charge >= 0.3 is 6.36 Å². The zero-order chi connectivity index (χ0) is 15.7. The second-order valence-electron chi connectivity index (χ2n) is 3.26. The fourth-order valence-corrected chi connectivity index (χ4v) is 2.29. The summed E-state index contributed by atoms with van der Waals surface area (Å²) in [4.78, 5) is 2.92. The molecule has 0 saturated carbocycles. The molecule has 114 valence electrons. The lowest BCUT2D eigenvalue weighted by atomic mass is 10.2. The molecule has 0 unspecified atom stereocenters. The van der Waals surface area contributed by atoms with Gasteiger partial charge in [-0.15, -0.1) is 24.8 Å². The van der Waals surface area contributed by atoms with E-state index >= 15 is 0 Å². The first kappa shape index (κ1) is 17.2. The minimum absolute atomic E-state index is 0.407. The van der Waals surface area contributed by atoms with Crippen molar-refractivity contribution in [1.82, 2.24) is 4.98 Å². The van der Waals surface area contributed by atoms with Crippen LogP contribution in [0.25, 0.3) is 0 Å². The first-order valence-corrected chi connectivity index (χ1v) is 7.38. The maximum absolute atomic E-state index is 12.6. The normalized spacial score (nSPS) is 12.8. The number of nitrogens with zero attached hydrogens (tertiary/aromatic N) is 1. The van der Waals surface area contributed by atoms with Crippen LogP contribution in [-0.2, 0) is 14.9 Å². The second-order valence-corrected chi connectivity index (χ2v) is 6.00. The van der Waals surface area contributed by atoms with E-state index < -0.39 is 49.8 Å². The van der Waals surface area contributed by atoms with Gasteiger partial charge in [0.25, 0.3) is 15.5 Å². The third kappa shape index (κ3) is 4.32. The first-order valence-electron chi connectivity index (χ1n) is 4.54. The quantitative estimate of drug-likeness (QED) is 0.468. The van der Waals surface area contributed by atoms with E-state index in [9.17, 15) is 30.4 Å². The highest BCUT2D eigenvalue weighted by atomic mass is 35.7. The van der Waals surface area contributed by atoms with E-state index in [0.29, 0.717) is 6.07 Å². The second kappa shape index (κ2) is 5.86. The van der Waals surface area contributed by atoms with E-state index in [2.05, 4.69) is 9.72 Å². The number of ether oxygens (including phenoxy) is 1. The minimum Gasteiger partial charge on any atom is -0.403 e. The Bertz CT molecular complexity index is 605. The highest BCUT2D eigenvalue weighted by Crippen LogP contribution is 2.35. The standard InChI is InChI=1S/C8H4Cl2F5NO3S/c9-2-3-1-4(19-8(13,14)15)7(20(10,17)18)16-5(3)6(11)12/h1,6H,2H2.